The smallest absolute Gasteiger partial charge is 0.118 e. The summed E-state index contributed by atoms with van der Waals surface area (Å²) < 4.78 is 7.30. The van der Waals surface area contributed by atoms with Crippen LogP contribution >= 0.6 is 0 Å². The highest BCUT2D eigenvalue weighted by molar-refractivity contribution is 5.60. The summed E-state index contributed by atoms with van der Waals surface area (Å²) in [5.74, 6) is 0.852. The van der Waals surface area contributed by atoms with Gasteiger partial charge in [-0.05, 0) is 42.8 Å². The number of methoxy groups -OCH3 is 1. The van der Waals surface area contributed by atoms with E-state index in [9.17, 15) is 0 Å². The highest BCUT2D eigenvalue weighted by Gasteiger charge is 2.13. The molecule has 22 heavy (non-hydrogen) atoms. The van der Waals surface area contributed by atoms with Crippen molar-refractivity contribution in [1.82, 2.24) is 14.5 Å². The van der Waals surface area contributed by atoms with E-state index in [2.05, 4.69) is 28.6 Å². The molecule has 1 aromatic carbocycles. The summed E-state index contributed by atoms with van der Waals surface area (Å²) >= 11 is 0. The van der Waals surface area contributed by atoms with Crippen LogP contribution in [0.5, 0.6) is 5.75 Å². The molecule has 1 atom stereocenters. The first kappa shape index (κ1) is 14.3. The zero-order chi connectivity index (χ0) is 15.4. The Morgan fingerprint density at radius 1 is 1.14 bits per heavy atom. The molecule has 2 aromatic heterocycles. The van der Waals surface area contributed by atoms with E-state index in [0.29, 0.717) is 0 Å². The highest BCUT2D eigenvalue weighted by Crippen LogP contribution is 2.25. The van der Waals surface area contributed by atoms with E-state index in [1.54, 1.807) is 13.3 Å². The van der Waals surface area contributed by atoms with Crippen LogP contribution in [0.15, 0.2) is 61.2 Å². The van der Waals surface area contributed by atoms with E-state index in [-0.39, 0.29) is 6.04 Å². The number of nitrogens with zero attached hydrogens (tertiary/aromatic N) is 3. The van der Waals surface area contributed by atoms with Crippen molar-refractivity contribution in [3.05, 3.63) is 66.9 Å². The second-order valence-electron chi connectivity index (χ2n) is 5.11. The highest BCUT2D eigenvalue weighted by atomic mass is 16.5. The van der Waals surface area contributed by atoms with Crippen LogP contribution in [0.3, 0.4) is 0 Å². The van der Waals surface area contributed by atoms with Gasteiger partial charge >= 0.3 is 0 Å². The van der Waals surface area contributed by atoms with Gasteiger partial charge in [-0.1, -0.05) is 13.0 Å². The second-order valence-corrected chi connectivity index (χ2v) is 5.11. The van der Waals surface area contributed by atoms with Crippen molar-refractivity contribution in [2.75, 3.05) is 7.11 Å². The van der Waals surface area contributed by atoms with Crippen LogP contribution in [0.4, 0.5) is 0 Å². The van der Waals surface area contributed by atoms with E-state index in [1.807, 2.05) is 42.9 Å². The number of imidazole rings is 1. The van der Waals surface area contributed by atoms with Crippen molar-refractivity contribution < 1.29 is 4.74 Å². The van der Waals surface area contributed by atoms with Crippen LogP contribution in [0.2, 0.25) is 0 Å². The summed E-state index contributed by atoms with van der Waals surface area (Å²) in [7, 11) is 1.67. The number of ether oxygens (including phenoxy) is 1. The van der Waals surface area contributed by atoms with Gasteiger partial charge in [0.05, 0.1) is 30.9 Å². The molecule has 0 spiro atoms. The van der Waals surface area contributed by atoms with Crippen molar-refractivity contribution in [2.24, 2.45) is 0 Å². The van der Waals surface area contributed by atoms with Gasteiger partial charge in [0.25, 0.3) is 0 Å². The van der Waals surface area contributed by atoms with Crippen LogP contribution in [0.25, 0.3) is 11.3 Å². The predicted molar refractivity (Wildman–Crippen MR) is 86.9 cm³/mol. The van der Waals surface area contributed by atoms with E-state index in [4.69, 9.17) is 9.72 Å². The summed E-state index contributed by atoms with van der Waals surface area (Å²) in [4.78, 5) is 8.97. The van der Waals surface area contributed by atoms with Gasteiger partial charge in [0.1, 0.15) is 5.75 Å². The van der Waals surface area contributed by atoms with Crippen molar-refractivity contribution in [3.63, 3.8) is 0 Å². The number of rotatable bonds is 5. The maximum absolute atomic E-state index is 5.20. The molecule has 0 N–H and O–H groups in total. The molecule has 4 heteroatoms. The van der Waals surface area contributed by atoms with Gasteiger partial charge in [-0.15, -0.1) is 0 Å². The minimum Gasteiger partial charge on any atom is -0.497 e. The quantitative estimate of drug-likeness (QED) is 0.715. The molecule has 0 aliphatic heterocycles. The van der Waals surface area contributed by atoms with Crippen molar-refractivity contribution in [1.29, 1.82) is 0 Å². The molecule has 2 heterocycles. The Kier molecular flexibility index (Phi) is 4.19. The number of benzene rings is 1. The molecular formula is C18H19N3O. The molecule has 0 saturated carbocycles. The molecular weight excluding hydrogens is 274 g/mol. The van der Waals surface area contributed by atoms with Crippen molar-refractivity contribution in [3.8, 4) is 17.0 Å². The van der Waals surface area contributed by atoms with Gasteiger partial charge in [-0.2, -0.15) is 0 Å². The summed E-state index contributed by atoms with van der Waals surface area (Å²) in [5.41, 5.74) is 3.11. The van der Waals surface area contributed by atoms with Gasteiger partial charge in [-0.25, -0.2) is 4.98 Å². The molecule has 3 rings (SSSR count). The SMILES string of the molecule is CCC(c1cccc(-c2ccc(OC)cc2)n1)n1ccnc1. The lowest BCUT2D eigenvalue weighted by Crippen LogP contribution is -2.09. The fraction of sp³-hybridized carbons (Fsp3) is 0.222. The lowest BCUT2D eigenvalue weighted by Gasteiger charge is -2.16. The molecule has 3 aromatic rings. The minimum atomic E-state index is 0.209. The van der Waals surface area contributed by atoms with E-state index in [1.165, 1.54) is 0 Å². The van der Waals surface area contributed by atoms with Crippen molar-refractivity contribution in [2.45, 2.75) is 19.4 Å². The lowest BCUT2D eigenvalue weighted by molar-refractivity contribution is 0.415. The summed E-state index contributed by atoms with van der Waals surface area (Å²) in [6.07, 6.45) is 6.59. The summed E-state index contributed by atoms with van der Waals surface area (Å²) in [5, 5.41) is 0. The number of hydrogen-bond donors (Lipinski definition) is 0. The topological polar surface area (TPSA) is 39.9 Å². The normalized spacial score (nSPS) is 12.1. The molecule has 0 aliphatic rings. The Hall–Kier alpha value is -2.62. The number of hydrogen-bond acceptors (Lipinski definition) is 3. The molecule has 0 radical (unpaired) electrons. The number of pyridine rings is 1. The van der Waals surface area contributed by atoms with Crippen LogP contribution < -0.4 is 4.74 Å². The maximum Gasteiger partial charge on any atom is 0.118 e. The van der Waals surface area contributed by atoms with Crippen molar-refractivity contribution >= 4 is 0 Å². The summed E-state index contributed by atoms with van der Waals surface area (Å²) in [6, 6.07) is 14.3. The van der Waals surface area contributed by atoms with E-state index in [0.717, 1.165) is 29.1 Å². The molecule has 0 saturated heterocycles. The standard InChI is InChI=1S/C18H19N3O/c1-3-18(21-12-11-19-13-21)17-6-4-5-16(20-17)14-7-9-15(22-2)10-8-14/h4-13,18H,3H2,1-2H3. The van der Waals surface area contributed by atoms with Gasteiger partial charge in [0.2, 0.25) is 0 Å². The molecule has 0 amide bonds. The molecule has 0 aliphatic carbocycles. The largest absolute Gasteiger partial charge is 0.497 e. The third-order valence-corrected chi connectivity index (χ3v) is 3.77. The summed E-state index contributed by atoms with van der Waals surface area (Å²) in [6.45, 7) is 2.16. The van der Waals surface area contributed by atoms with Crippen LogP contribution in [0, 0.1) is 0 Å². The molecule has 0 fully saturated rings. The molecule has 4 nitrogen and oxygen atoms in total. The first-order valence-corrected chi connectivity index (χ1v) is 7.40. The van der Waals surface area contributed by atoms with E-state index >= 15 is 0 Å². The second kappa shape index (κ2) is 6.43. The average molecular weight is 293 g/mol. The fourth-order valence-electron chi connectivity index (χ4n) is 2.59. The minimum absolute atomic E-state index is 0.209. The van der Waals surface area contributed by atoms with Crippen LogP contribution in [-0.4, -0.2) is 21.6 Å². The fourth-order valence-corrected chi connectivity index (χ4v) is 2.59. The number of aromatic nitrogens is 3. The van der Waals surface area contributed by atoms with Gasteiger partial charge < -0.3 is 9.30 Å². The first-order valence-electron chi connectivity index (χ1n) is 7.40. The first-order chi connectivity index (χ1) is 10.8. The van der Waals surface area contributed by atoms with E-state index < -0.39 is 0 Å². The van der Waals surface area contributed by atoms with Crippen LogP contribution in [0.1, 0.15) is 25.1 Å². The van der Waals surface area contributed by atoms with Gasteiger partial charge in [0, 0.05) is 18.0 Å². The molecule has 0 bridgehead atoms. The Morgan fingerprint density at radius 3 is 2.59 bits per heavy atom. The average Bonchev–Trinajstić information content (AvgIpc) is 3.10. The zero-order valence-corrected chi connectivity index (χ0v) is 12.8. The van der Waals surface area contributed by atoms with Crippen LogP contribution in [-0.2, 0) is 0 Å². The Balaban J connectivity index is 1.94. The Bertz CT molecular complexity index is 720. The lowest BCUT2D eigenvalue weighted by atomic mass is 10.1. The van der Waals surface area contributed by atoms with Gasteiger partial charge in [-0.3, -0.25) is 4.98 Å². The maximum atomic E-state index is 5.20. The molecule has 112 valence electrons. The predicted octanol–water partition coefficient (Wildman–Crippen LogP) is 3.95. The Morgan fingerprint density at radius 2 is 1.95 bits per heavy atom. The zero-order valence-electron chi connectivity index (χ0n) is 12.8. The monoisotopic (exact) mass is 293 g/mol. The Labute approximate surface area is 130 Å². The third-order valence-electron chi connectivity index (χ3n) is 3.77. The molecule has 1 unspecified atom stereocenters. The van der Waals surface area contributed by atoms with Gasteiger partial charge in [0.15, 0.2) is 0 Å². The third kappa shape index (κ3) is 2.86.